The second kappa shape index (κ2) is 7.53. The first kappa shape index (κ1) is 17.2. The number of nitrogens with one attached hydrogen (secondary N) is 1. The highest BCUT2D eigenvalue weighted by Gasteiger charge is 2.11. The summed E-state index contributed by atoms with van der Waals surface area (Å²) in [6.45, 7) is 7.23. The van der Waals surface area contributed by atoms with Crippen molar-refractivity contribution >= 4 is 28.5 Å². The number of amides is 1. The topological polar surface area (TPSA) is 46.9 Å². The lowest BCUT2D eigenvalue weighted by Gasteiger charge is -2.10. The van der Waals surface area contributed by atoms with Crippen LogP contribution in [-0.4, -0.2) is 22.0 Å². The maximum absolute atomic E-state index is 12.2. The third-order valence-corrected chi connectivity index (χ3v) is 4.12. The van der Waals surface area contributed by atoms with Crippen molar-refractivity contribution in [3.63, 3.8) is 0 Å². The predicted octanol–water partition coefficient (Wildman–Crippen LogP) is 4.24. The average molecular weight is 354 g/mol. The van der Waals surface area contributed by atoms with E-state index in [0.29, 0.717) is 23.6 Å². The monoisotopic (exact) mass is 353 g/mol. The van der Waals surface area contributed by atoms with Gasteiger partial charge >= 0.3 is 0 Å². The van der Waals surface area contributed by atoms with Gasteiger partial charge in [-0.15, -0.1) is 0 Å². The van der Waals surface area contributed by atoms with E-state index in [-0.39, 0.29) is 5.91 Å². The highest BCUT2D eigenvalue weighted by atomic mass is 35.5. The molecule has 0 unspecified atom stereocenters. The number of rotatable bonds is 6. The van der Waals surface area contributed by atoms with E-state index in [1.165, 1.54) is 0 Å². The van der Waals surface area contributed by atoms with Crippen LogP contribution in [0, 0.1) is 0 Å². The molecule has 1 aromatic heterocycles. The number of halogens is 1. The first-order valence-corrected chi connectivity index (χ1v) is 8.54. The van der Waals surface area contributed by atoms with Gasteiger partial charge in [0, 0.05) is 30.1 Å². The van der Waals surface area contributed by atoms with Gasteiger partial charge in [0.15, 0.2) is 0 Å². The molecule has 0 aliphatic heterocycles. The number of aromatic nitrogens is 2. The molecule has 1 amide bonds. The summed E-state index contributed by atoms with van der Waals surface area (Å²) in [7, 11) is 0. The Labute approximate surface area is 152 Å². The summed E-state index contributed by atoms with van der Waals surface area (Å²) >= 11 is 5.93. The molecule has 128 valence electrons. The maximum atomic E-state index is 12.2. The van der Waals surface area contributed by atoms with Crippen LogP contribution in [0.4, 0.5) is 0 Å². The molecule has 1 heterocycles. The molecule has 5 heteroatoms. The van der Waals surface area contributed by atoms with Crippen LogP contribution in [0.15, 0.2) is 60.7 Å². The van der Waals surface area contributed by atoms with Crippen LogP contribution in [0.3, 0.4) is 0 Å². The molecule has 3 rings (SSSR count). The van der Waals surface area contributed by atoms with Gasteiger partial charge in [-0.05, 0) is 37.3 Å². The number of allylic oxidation sites excluding steroid dienone is 1. The second-order valence-corrected chi connectivity index (χ2v) is 6.51. The van der Waals surface area contributed by atoms with Crippen LogP contribution in [0.5, 0.6) is 0 Å². The Kier molecular flexibility index (Phi) is 5.19. The summed E-state index contributed by atoms with van der Waals surface area (Å²) in [5.74, 6) is 0.806. The molecular weight excluding hydrogens is 334 g/mol. The molecule has 0 radical (unpaired) electrons. The lowest BCUT2D eigenvalue weighted by molar-refractivity contribution is 0.0954. The number of carbonyl (C=O) groups excluding carboxylic acids is 1. The van der Waals surface area contributed by atoms with Crippen LogP contribution >= 0.6 is 11.6 Å². The fraction of sp³-hybridized carbons (Fsp3) is 0.200. The summed E-state index contributed by atoms with van der Waals surface area (Å²) in [5.41, 5.74) is 3.66. The van der Waals surface area contributed by atoms with Crippen molar-refractivity contribution in [1.29, 1.82) is 0 Å². The number of nitrogens with zero attached hydrogens (tertiary/aromatic N) is 2. The molecule has 2 aromatic carbocycles. The van der Waals surface area contributed by atoms with Gasteiger partial charge in [0.2, 0.25) is 0 Å². The number of carbonyl (C=O) groups is 1. The average Bonchev–Trinajstić information content (AvgIpc) is 2.92. The Morgan fingerprint density at radius 3 is 2.80 bits per heavy atom. The molecule has 0 saturated heterocycles. The molecule has 0 aliphatic carbocycles. The first-order chi connectivity index (χ1) is 12.0. The van der Waals surface area contributed by atoms with Crippen molar-refractivity contribution < 1.29 is 4.79 Å². The van der Waals surface area contributed by atoms with E-state index < -0.39 is 0 Å². The molecule has 0 spiro atoms. The third-order valence-electron chi connectivity index (χ3n) is 3.88. The highest BCUT2D eigenvalue weighted by Crippen LogP contribution is 2.17. The summed E-state index contributed by atoms with van der Waals surface area (Å²) in [5, 5.41) is 3.48. The Morgan fingerprint density at radius 2 is 2.04 bits per heavy atom. The van der Waals surface area contributed by atoms with Gasteiger partial charge in [0.05, 0.1) is 11.0 Å². The van der Waals surface area contributed by atoms with Crippen molar-refractivity contribution in [2.75, 3.05) is 6.54 Å². The molecule has 0 fully saturated rings. The largest absolute Gasteiger partial charge is 0.352 e. The smallest absolute Gasteiger partial charge is 0.251 e. The number of fused-ring (bicyclic) bond motifs is 1. The highest BCUT2D eigenvalue weighted by molar-refractivity contribution is 6.30. The van der Waals surface area contributed by atoms with Crippen molar-refractivity contribution in [3.8, 4) is 0 Å². The van der Waals surface area contributed by atoms with E-state index in [2.05, 4.69) is 22.5 Å². The molecule has 25 heavy (non-hydrogen) atoms. The van der Waals surface area contributed by atoms with Gasteiger partial charge in [0.1, 0.15) is 5.82 Å². The molecule has 0 bridgehead atoms. The van der Waals surface area contributed by atoms with Crippen LogP contribution in [0.1, 0.15) is 23.1 Å². The maximum Gasteiger partial charge on any atom is 0.251 e. The predicted molar refractivity (Wildman–Crippen MR) is 102 cm³/mol. The molecule has 3 aromatic rings. The van der Waals surface area contributed by atoms with E-state index in [4.69, 9.17) is 16.6 Å². The lowest BCUT2D eigenvalue weighted by atomic mass is 10.2. The number of imidazole rings is 1. The van der Waals surface area contributed by atoms with Crippen molar-refractivity contribution in [2.45, 2.75) is 19.9 Å². The van der Waals surface area contributed by atoms with Gasteiger partial charge in [-0.2, -0.15) is 0 Å². The van der Waals surface area contributed by atoms with E-state index in [1.54, 1.807) is 24.3 Å². The quantitative estimate of drug-likeness (QED) is 0.674. The summed E-state index contributed by atoms with van der Waals surface area (Å²) in [4.78, 5) is 16.9. The first-order valence-electron chi connectivity index (χ1n) is 8.17. The molecule has 4 nitrogen and oxygen atoms in total. The van der Waals surface area contributed by atoms with Crippen LogP contribution in [0.25, 0.3) is 11.0 Å². The minimum atomic E-state index is -0.134. The van der Waals surface area contributed by atoms with Crippen LogP contribution in [0.2, 0.25) is 5.02 Å². The Balaban J connectivity index is 1.72. The van der Waals surface area contributed by atoms with E-state index in [0.717, 1.165) is 29.0 Å². The van der Waals surface area contributed by atoms with Gasteiger partial charge in [-0.3, -0.25) is 4.79 Å². The zero-order valence-corrected chi connectivity index (χ0v) is 14.9. The Bertz CT molecular complexity index is 930. The molecule has 0 aliphatic rings. The van der Waals surface area contributed by atoms with Crippen LogP contribution < -0.4 is 5.32 Å². The SMILES string of the molecule is C=C(C)Cn1c(CCNC(=O)c2cccc(Cl)c2)nc2ccccc21. The van der Waals surface area contributed by atoms with Crippen molar-refractivity contribution in [1.82, 2.24) is 14.9 Å². The minimum absolute atomic E-state index is 0.134. The third kappa shape index (κ3) is 4.09. The van der Waals surface area contributed by atoms with E-state index >= 15 is 0 Å². The van der Waals surface area contributed by atoms with Crippen LogP contribution in [-0.2, 0) is 13.0 Å². The fourth-order valence-electron chi connectivity index (χ4n) is 2.78. The summed E-state index contributed by atoms with van der Waals surface area (Å²) in [6.07, 6.45) is 0.647. The minimum Gasteiger partial charge on any atom is -0.352 e. The number of hydrogen-bond acceptors (Lipinski definition) is 2. The van der Waals surface area contributed by atoms with Gasteiger partial charge in [0.25, 0.3) is 5.91 Å². The fourth-order valence-corrected chi connectivity index (χ4v) is 2.97. The summed E-state index contributed by atoms with van der Waals surface area (Å²) < 4.78 is 2.16. The lowest BCUT2D eigenvalue weighted by Crippen LogP contribution is -2.26. The zero-order valence-electron chi connectivity index (χ0n) is 14.1. The number of hydrogen-bond donors (Lipinski definition) is 1. The molecule has 0 atom stereocenters. The second-order valence-electron chi connectivity index (χ2n) is 6.08. The Morgan fingerprint density at radius 1 is 1.24 bits per heavy atom. The normalized spacial score (nSPS) is 10.8. The van der Waals surface area contributed by atoms with Crippen molar-refractivity contribution in [3.05, 3.63) is 77.1 Å². The molecular formula is C20H20ClN3O. The Hall–Kier alpha value is -2.59. The number of para-hydroxylation sites is 2. The standard InChI is InChI=1S/C20H20ClN3O/c1-14(2)13-24-18-9-4-3-8-17(18)23-19(24)10-11-22-20(25)15-6-5-7-16(21)12-15/h3-9,12H,1,10-11,13H2,2H3,(H,22,25). The van der Waals surface area contributed by atoms with Crippen molar-refractivity contribution in [2.24, 2.45) is 0 Å². The van der Waals surface area contributed by atoms with E-state index in [1.807, 2.05) is 25.1 Å². The van der Waals surface area contributed by atoms with Gasteiger partial charge in [-0.25, -0.2) is 4.98 Å². The van der Waals surface area contributed by atoms with Gasteiger partial charge < -0.3 is 9.88 Å². The molecule has 1 N–H and O–H groups in total. The number of benzene rings is 2. The van der Waals surface area contributed by atoms with E-state index in [9.17, 15) is 4.79 Å². The zero-order chi connectivity index (χ0) is 17.8. The summed E-state index contributed by atoms with van der Waals surface area (Å²) in [6, 6.07) is 15.0. The van der Waals surface area contributed by atoms with Gasteiger partial charge in [-0.1, -0.05) is 42.0 Å². The molecule has 0 saturated carbocycles.